The molecule has 0 saturated heterocycles. The Bertz CT molecular complexity index is 1320. The Morgan fingerprint density at radius 1 is 1.25 bits per heavy atom. The van der Waals surface area contributed by atoms with E-state index in [0.29, 0.717) is 22.2 Å². The first-order valence-corrected chi connectivity index (χ1v) is 11.8. The molecule has 1 N–H and O–H groups in total. The molecule has 1 unspecified atom stereocenters. The fraction of sp³-hybridized carbons (Fsp3) is 0.348. The summed E-state index contributed by atoms with van der Waals surface area (Å²) >= 11 is 1.27. The summed E-state index contributed by atoms with van der Waals surface area (Å²) in [5, 5.41) is 14.1. The van der Waals surface area contributed by atoms with Gasteiger partial charge in [-0.2, -0.15) is 0 Å². The number of hydrogen-bond donors (Lipinski definition) is 1. The first-order chi connectivity index (χ1) is 17.1. The van der Waals surface area contributed by atoms with Gasteiger partial charge in [0.25, 0.3) is 23.4 Å². The van der Waals surface area contributed by atoms with E-state index in [9.17, 15) is 34.1 Å². The molecule has 0 spiro atoms. The summed E-state index contributed by atoms with van der Waals surface area (Å²) in [5.74, 6) is -3.79. The minimum atomic E-state index is -1.06. The van der Waals surface area contributed by atoms with Crippen LogP contribution in [-0.4, -0.2) is 59.7 Å². The molecule has 13 heteroatoms. The third-order valence-electron chi connectivity index (χ3n) is 5.98. The highest BCUT2D eigenvalue weighted by Gasteiger charge is 2.42. The van der Waals surface area contributed by atoms with E-state index in [-0.39, 0.29) is 11.1 Å². The lowest BCUT2D eigenvalue weighted by molar-refractivity contribution is -0.385. The molecular formula is C23H21N3O9S. The molecule has 36 heavy (non-hydrogen) atoms. The fourth-order valence-corrected chi connectivity index (χ4v) is 5.67. The van der Waals surface area contributed by atoms with E-state index in [2.05, 4.69) is 12.2 Å². The van der Waals surface area contributed by atoms with Gasteiger partial charge in [0.2, 0.25) is 0 Å². The van der Waals surface area contributed by atoms with E-state index in [1.165, 1.54) is 30.6 Å². The number of imide groups is 1. The summed E-state index contributed by atoms with van der Waals surface area (Å²) in [6, 6.07) is 3.60. The van der Waals surface area contributed by atoms with Crippen LogP contribution in [0.25, 0.3) is 0 Å². The van der Waals surface area contributed by atoms with Gasteiger partial charge in [0.1, 0.15) is 17.1 Å². The van der Waals surface area contributed by atoms with Gasteiger partial charge in [-0.15, -0.1) is 11.3 Å². The van der Waals surface area contributed by atoms with E-state index in [0.717, 1.165) is 29.3 Å². The largest absolute Gasteiger partial charge is 0.465 e. The number of methoxy groups -OCH3 is 1. The average Bonchev–Trinajstić information content (AvgIpc) is 3.31. The van der Waals surface area contributed by atoms with E-state index in [1.807, 2.05) is 0 Å². The molecule has 0 radical (unpaired) electrons. The molecule has 12 nitrogen and oxygen atoms in total. The van der Waals surface area contributed by atoms with Crippen LogP contribution in [0.4, 0.5) is 10.7 Å². The Morgan fingerprint density at radius 3 is 2.69 bits per heavy atom. The van der Waals surface area contributed by atoms with Crippen molar-refractivity contribution in [3.8, 4) is 0 Å². The van der Waals surface area contributed by atoms with E-state index >= 15 is 0 Å². The first kappa shape index (κ1) is 25.0. The maximum absolute atomic E-state index is 12.6. The number of nitro benzene ring substituents is 1. The second kappa shape index (κ2) is 9.85. The normalized spacial score (nSPS) is 16.3. The van der Waals surface area contributed by atoms with Crippen molar-refractivity contribution in [2.24, 2.45) is 5.92 Å². The number of rotatable bonds is 7. The SMILES string of the molecule is COC(=O)c1c(NC(=O)COC(=O)CN2C(=O)c3cccc([N+](=O)[O-])c3C2=O)sc2c1CCC(C)C2. The molecule has 2 aromatic rings. The number of fused-ring (bicyclic) bond motifs is 2. The monoisotopic (exact) mass is 515 g/mol. The van der Waals surface area contributed by atoms with E-state index < -0.39 is 59.0 Å². The highest BCUT2D eigenvalue weighted by Crippen LogP contribution is 2.40. The van der Waals surface area contributed by atoms with Gasteiger partial charge in [-0.1, -0.05) is 13.0 Å². The van der Waals surface area contributed by atoms with Crippen LogP contribution in [0.5, 0.6) is 0 Å². The molecule has 1 aromatic heterocycles. The Kier molecular flexibility index (Phi) is 6.84. The topological polar surface area (TPSA) is 162 Å². The maximum Gasteiger partial charge on any atom is 0.341 e. The van der Waals surface area contributed by atoms with Gasteiger partial charge >= 0.3 is 11.9 Å². The third kappa shape index (κ3) is 4.56. The van der Waals surface area contributed by atoms with E-state index in [4.69, 9.17) is 9.47 Å². The predicted molar refractivity (Wildman–Crippen MR) is 125 cm³/mol. The molecule has 2 aliphatic rings. The van der Waals surface area contributed by atoms with Crippen molar-refractivity contribution in [1.82, 2.24) is 4.90 Å². The molecule has 1 aliphatic carbocycles. The Morgan fingerprint density at radius 2 is 2.00 bits per heavy atom. The average molecular weight is 516 g/mol. The fourth-order valence-electron chi connectivity index (χ4n) is 4.25. The molecular weight excluding hydrogens is 494 g/mol. The number of nitrogens with one attached hydrogen (secondary N) is 1. The van der Waals surface area contributed by atoms with Gasteiger partial charge in [0, 0.05) is 10.9 Å². The van der Waals surface area contributed by atoms with Crippen LogP contribution in [0.3, 0.4) is 0 Å². The summed E-state index contributed by atoms with van der Waals surface area (Å²) in [4.78, 5) is 74.1. The van der Waals surface area contributed by atoms with Crippen LogP contribution in [0.1, 0.15) is 54.9 Å². The van der Waals surface area contributed by atoms with E-state index in [1.54, 1.807) is 0 Å². The van der Waals surface area contributed by atoms with Crippen molar-refractivity contribution in [2.75, 3.05) is 25.6 Å². The van der Waals surface area contributed by atoms with Gasteiger partial charge < -0.3 is 14.8 Å². The van der Waals surface area contributed by atoms with Crippen LogP contribution in [-0.2, 0) is 31.9 Å². The molecule has 4 rings (SSSR count). The first-order valence-electron chi connectivity index (χ1n) is 10.9. The molecule has 3 amide bonds. The number of carbonyl (C=O) groups excluding carboxylic acids is 5. The Balaban J connectivity index is 1.40. The molecule has 1 aliphatic heterocycles. The summed E-state index contributed by atoms with van der Waals surface area (Å²) in [7, 11) is 1.25. The van der Waals surface area contributed by atoms with Crippen LogP contribution in [0.2, 0.25) is 0 Å². The zero-order valence-corrected chi connectivity index (χ0v) is 20.1. The zero-order chi connectivity index (χ0) is 26.1. The third-order valence-corrected chi connectivity index (χ3v) is 7.15. The highest BCUT2D eigenvalue weighted by molar-refractivity contribution is 7.17. The number of esters is 2. The molecule has 0 bridgehead atoms. The van der Waals surface area contributed by atoms with Crippen molar-refractivity contribution in [2.45, 2.75) is 26.2 Å². The molecule has 1 aromatic carbocycles. The lowest BCUT2D eigenvalue weighted by Crippen LogP contribution is -2.36. The van der Waals surface area contributed by atoms with Crippen LogP contribution >= 0.6 is 11.3 Å². The summed E-state index contributed by atoms with van der Waals surface area (Å²) in [5.41, 5.74) is -0.000344. The van der Waals surface area contributed by atoms with Gasteiger partial charge in [-0.05, 0) is 36.8 Å². The van der Waals surface area contributed by atoms with Gasteiger partial charge in [-0.3, -0.25) is 34.2 Å². The molecule has 0 fully saturated rings. The summed E-state index contributed by atoms with van der Waals surface area (Å²) in [6.45, 7) is 0.544. The molecule has 2 heterocycles. The quantitative estimate of drug-likeness (QED) is 0.252. The van der Waals surface area contributed by atoms with Crippen molar-refractivity contribution in [1.29, 1.82) is 0 Å². The number of amides is 3. The Hall–Kier alpha value is -4.13. The minimum Gasteiger partial charge on any atom is -0.465 e. The summed E-state index contributed by atoms with van der Waals surface area (Å²) < 4.78 is 9.79. The highest BCUT2D eigenvalue weighted by atomic mass is 32.1. The predicted octanol–water partition coefficient (Wildman–Crippen LogP) is 2.35. The number of thiophene rings is 1. The number of hydrogen-bond acceptors (Lipinski definition) is 10. The smallest absolute Gasteiger partial charge is 0.341 e. The number of anilines is 1. The zero-order valence-electron chi connectivity index (χ0n) is 19.3. The lowest BCUT2D eigenvalue weighted by atomic mass is 9.88. The second-order valence-corrected chi connectivity index (χ2v) is 9.51. The number of nitrogens with zero attached hydrogens (tertiary/aromatic N) is 2. The van der Waals surface area contributed by atoms with Crippen LogP contribution < -0.4 is 5.32 Å². The van der Waals surface area contributed by atoms with Gasteiger partial charge in [-0.25, -0.2) is 4.79 Å². The summed E-state index contributed by atoms with van der Waals surface area (Å²) in [6.07, 6.45) is 2.35. The molecule has 188 valence electrons. The maximum atomic E-state index is 12.6. The minimum absolute atomic E-state index is 0.189. The van der Waals surface area contributed by atoms with Crippen LogP contribution in [0.15, 0.2) is 18.2 Å². The molecule has 1 atom stereocenters. The number of benzene rings is 1. The lowest BCUT2D eigenvalue weighted by Gasteiger charge is -2.18. The van der Waals surface area contributed by atoms with Crippen molar-refractivity contribution < 1.29 is 38.4 Å². The van der Waals surface area contributed by atoms with Crippen molar-refractivity contribution >= 4 is 51.7 Å². The number of nitro groups is 1. The van der Waals surface area contributed by atoms with Crippen LogP contribution in [0, 0.1) is 16.0 Å². The number of ether oxygens (including phenoxy) is 2. The van der Waals surface area contributed by atoms with Gasteiger partial charge in [0.15, 0.2) is 6.61 Å². The molecule has 0 saturated carbocycles. The standard InChI is InChI=1S/C23H21N3O9S/c1-11-6-7-12-15(8-11)36-20(19(12)23(31)34-2)24-16(27)10-35-17(28)9-25-21(29)13-4-3-5-14(26(32)33)18(13)22(25)30/h3-5,11H,6-10H2,1-2H3,(H,24,27). The van der Waals surface area contributed by atoms with Crippen molar-refractivity contribution in [3.05, 3.63) is 55.4 Å². The number of carbonyl (C=O) groups is 5. The van der Waals surface area contributed by atoms with Gasteiger partial charge in [0.05, 0.1) is 23.2 Å². The second-order valence-electron chi connectivity index (χ2n) is 8.41. The van der Waals surface area contributed by atoms with Crippen molar-refractivity contribution in [3.63, 3.8) is 0 Å². The Labute approximate surface area is 208 Å².